The maximum atomic E-state index is 2.43. The summed E-state index contributed by atoms with van der Waals surface area (Å²) >= 11 is 0. The van der Waals surface area contributed by atoms with E-state index in [-0.39, 0.29) is 0 Å². The molecule has 0 unspecified atom stereocenters. The quantitative estimate of drug-likeness (QED) is 0.635. The highest BCUT2D eigenvalue weighted by Crippen LogP contribution is 2.25. The lowest BCUT2D eigenvalue weighted by Crippen LogP contribution is -1.85. The highest BCUT2D eigenvalue weighted by Gasteiger charge is 2.06. The number of aryl methyl sites for hydroxylation is 1. The average Bonchev–Trinajstić information content (AvgIpc) is 2.83. The van der Waals surface area contributed by atoms with Crippen molar-refractivity contribution in [3.05, 3.63) is 59.2 Å². The predicted molar refractivity (Wildman–Crippen MR) is 75.1 cm³/mol. The normalized spacial score (nSPS) is 14.6. The molecule has 0 spiro atoms. The van der Waals surface area contributed by atoms with Crippen LogP contribution < -0.4 is 0 Å². The molecule has 2 rings (SSSR count). The van der Waals surface area contributed by atoms with Crippen molar-refractivity contribution >= 4 is 0 Å². The van der Waals surface area contributed by atoms with Crippen LogP contribution in [0.15, 0.2) is 53.6 Å². The summed E-state index contributed by atoms with van der Waals surface area (Å²) in [5.74, 6) is 0. The number of rotatable bonds is 6. The maximum Gasteiger partial charge on any atom is -0.0130 e. The van der Waals surface area contributed by atoms with Crippen molar-refractivity contribution in [2.24, 2.45) is 0 Å². The number of hydrogen-bond donors (Lipinski definition) is 0. The Morgan fingerprint density at radius 1 is 1.00 bits per heavy atom. The molecule has 0 aromatic heterocycles. The Morgan fingerprint density at radius 2 is 1.82 bits per heavy atom. The second-order valence-electron chi connectivity index (χ2n) is 4.87. The molecule has 0 nitrogen and oxygen atoms in total. The highest BCUT2D eigenvalue weighted by atomic mass is 14.1. The van der Waals surface area contributed by atoms with Gasteiger partial charge in [0.25, 0.3) is 0 Å². The smallest absolute Gasteiger partial charge is 0.0130 e. The van der Waals surface area contributed by atoms with Gasteiger partial charge in [-0.15, -0.1) is 0 Å². The van der Waals surface area contributed by atoms with Crippen LogP contribution in [0.2, 0.25) is 0 Å². The van der Waals surface area contributed by atoms with E-state index in [4.69, 9.17) is 0 Å². The second kappa shape index (κ2) is 6.44. The molecule has 0 N–H and O–H groups in total. The van der Waals surface area contributed by atoms with Crippen molar-refractivity contribution in [3.63, 3.8) is 0 Å². The summed E-state index contributed by atoms with van der Waals surface area (Å²) < 4.78 is 0. The molecule has 0 heterocycles. The molecule has 0 aliphatic heterocycles. The van der Waals surface area contributed by atoms with Crippen LogP contribution in [0.3, 0.4) is 0 Å². The molecule has 1 aliphatic carbocycles. The molecule has 90 valence electrons. The van der Waals surface area contributed by atoms with E-state index in [1.54, 1.807) is 11.1 Å². The van der Waals surface area contributed by atoms with Gasteiger partial charge >= 0.3 is 0 Å². The minimum Gasteiger partial charge on any atom is -0.0772 e. The van der Waals surface area contributed by atoms with Crippen LogP contribution in [0.5, 0.6) is 0 Å². The minimum atomic E-state index is 1.17. The Balaban J connectivity index is 1.79. The van der Waals surface area contributed by atoms with E-state index >= 15 is 0 Å². The van der Waals surface area contributed by atoms with Crippen molar-refractivity contribution in [2.75, 3.05) is 0 Å². The van der Waals surface area contributed by atoms with Gasteiger partial charge in [-0.05, 0) is 37.7 Å². The third-order valence-electron chi connectivity index (χ3n) is 3.41. The lowest BCUT2D eigenvalue weighted by atomic mass is 10.0. The van der Waals surface area contributed by atoms with E-state index in [0.29, 0.717) is 0 Å². The molecular formula is C17H22. The van der Waals surface area contributed by atoms with Crippen molar-refractivity contribution < 1.29 is 0 Å². The molecule has 0 fully saturated rings. The van der Waals surface area contributed by atoms with E-state index in [2.05, 4.69) is 49.4 Å². The molecule has 1 aliphatic rings. The summed E-state index contributed by atoms with van der Waals surface area (Å²) in [4.78, 5) is 0. The van der Waals surface area contributed by atoms with Gasteiger partial charge in [0.1, 0.15) is 0 Å². The van der Waals surface area contributed by atoms with Gasteiger partial charge in [-0.3, -0.25) is 0 Å². The fourth-order valence-electron chi connectivity index (χ4n) is 2.33. The van der Waals surface area contributed by atoms with Gasteiger partial charge < -0.3 is 0 Å². The van der Waals surface area contributed by atoms with Crippen LogP contribution in [0, 0.1) is 0 Å². The van der Waals surface area contributed by atoms with Gasteiger partial charge in [-0.25, -0.2) is 0 Å². The van der Waals surface area contributed by atoms with Crippen molar-refractivity contribution in [1.29, 1.82) is 0 Å². The summed E-state index contributed by atoms with van der Waals surface area (Å²) in [5, 5.41) is 0. The third kappa shape index (κ3) is 3.89. The fraction of sp³-hybridized carbons (Fsp3) is 0.412. The van der Waals surface area contributed by atoms with Crippen LogP contribution in [0.25, 0.3) is 0 Å². The summed E-state index contributed by atoms with van der Waals surface area (Å²) in [7, 11) is 0. The average molecular weight is 226 g/mol. The first-order chi connectivity index (χ1) is 8.38. The molecular weight excluding hydrogens is 204 g/mol. The Bertz CT molecular complexity index is 395. The molecule has 0 atom stereocenters. The fourth-order valence-corrected chi connectivity index (χ4v) is 2.33. The van der Waals surface area contributed by atoms with Gasteiger partial charge in [0, 0.05) is 0 Å². The Morgan fingerprint density at radius 3 is 2.59 bits per heavy atom. The van der Waals surface area contributed by atoms with Gasteiger partial charge in [0.2, 0.25) is 0 Å². The molecule has 0 heteroatoms. The monoisotopic (exact) mass is 226 g/mol. The molecule has 0 radical (unpaired) electrons. The largest absolute Gasteiger partial charge is 0.0772 e. The van der Waals surface area contributed by atoms with Crippen LogP contribution in [0.1, 0.15) is 44.6 Å². The van der Waals surface area contributed by atoms with E-state index < -0.39 is 0 Å². The van der Waals surface area contributed by atoms with Crippen LogP contribution in [0.4, 0.5) is 0 Å². The van der Waals surface area contributed by atoms with Crippen molar-refractivity contribution in [2.45, 2.75) is 45.4 Å². The van der Waals surface area contributed by atoms with E-state index in [1.807, 2.05) is 0 Å². The van der Waals surface area contributed by atoms with Crippen LogP contribution >= 0.6 is 0 Å². The number of unbranched alkanes of at least 4 members (excludes halogenated alkanes) is 1. The zero-order valence-corrected chi connectivity index (χ0v) is 10.8. The van der Waals surface area contributed by atoms with Gasteiger partial charge in [-0.2, -0.15) is 0 Å². The Labute approximate surface area is 105 Å². The molecule has 1 aromatic carbocycles. The number of benzene rings is 1. The van der Waals surface area contributed by atoms with Gasteiger partial charge in [0.15, 0.2) is 0 Å². The van der Waals surface area contributed by atoms with E-state index in [9.17, 15) is 0 Å². The van der Waals surface area contributed by atoms with Crippen LogP contribution in [-0.2, 0) is 6.42 Å². The Hall–Kier alpha value is -1.30. The Kier molecular flexibility index (Phi) is 4.61. The summed E-state index contributed by atoms with van der Waals surface area (Å²) in [6.45, 7) is 2.26. The molecule has 0 bridgehead atoms. The lowest BCUT2D eigenvalue weighted by Gasteiger charge is -2.01. The summed E-state index contributed by atoms with van der Waals surface area (Å²) in [5.41, 5.74) is 4.62. The summed E-state index contributed by atoms with van der Waals surface area (Å²) in [6.07, 6.45) is 12.3. The van der Waals surface area contributed by atoms with Gasteiger partial charge in [-0.1, -0.05) is 67.0 Å². The zero-order valence-electron chi connectivity index (χ0n) is 10.8. The standard InChI is InChI=1S/C17H22/c1-2-3-7-16-12-13-17(14-16)11-10-15-8-5-4-6-9-15/h4-6,8-9,13-14H,2-3,7,10-12H2,1H3. The molecule has 0 saturated heterocycles. The lowest BCUT2D eigenvalue weighted by molar-refractivity contribution is 0.779. The highest BCUT2D eigenvalue weighted by molar-refractivity contribution is 5.33. The SMILES string of the molecule is CCCCC1=CC(CCc2ccccc2)=CC1. The first-order valence-corrected chi connectivity index (χ1v) is 6.81. The number of allylic oxidation sites excluding steroid dienone is 4. The predicted octanol–water partition coefficient (Wildman–Crippen LogP) is 5.07. The summed E-state index contributed by atoms with van der Waals surface area (Å²) in [6, 6.07) is 10.8. The van der Waals surface area contributed by atoms with E-state index in [0.717, 1.165) is 0 Å². The molecule has 17 heavy (non-hydrogen) atoms. The van der Waals surface area contributed by atoms with Crippen LogP contribution in [-0.4, -0.2) is 0 Å². The molecule has 1 aromatic rings. The molecule has 0 saturated carbocycles. The topological polar surface area (TPSA) is 0 Å². The first-order valence-electron chi connectivity index (χ1n) is 6.81. The first kappa shape index (κ1) is 12.2. The van der Waals surface area contributed by atoms with E-state index in [1.165, 1.54) is 44.1 Å². The third-order valence-corrected chi connectivity index (χ3v) is 3.41. The maximum absolute atomic E-state index is 2.43. The second-order valence-corrected chi connectivity index (χ2v) is 4.87. The number of hydrogen-bond acceptors (Lipinski definition) is 0. The minimum absolute atomic E-state index is 1.17. The van der Waals surface area contributed by atoms with Crippen molar-refractivity contribution in [3.8, 4) is 0 Å². The van der Waals surface area contributed by atoms with Crippen molar-refractivity contribution in [1.82, 2.24) is 0 Å². The zero-order chi connectivity index (χ0) is 11.9. The van der Waals surface area contributed by atoms with Gasteiger partial charge in [0.05, 0.1) is 0 Å². The molecule has 0 amide bonds.